The second kappa shape index (κ2) is 5.60. The average molecular weight is 190 g/mol. The van der Waals surface area contributed by atoms with Crippen LogP contribution in [0.15, 0.2) is 0 Å². The monoisotopic (exact) mass is 190 g/mol. The van der Waals surface area contributed by atoms with Crippen LogP contribution in [0.2, 0.25) is 0 Å². The van der Waals surface area contributed by atoms with Crippen molar-refractivity contribution >= 4 is 17.7 Å². The van der Waals surface area contributed by atoms with Crippen LogP contribution in [0.25, 0.3) is 0 Å². The fourth-order valence-corrected chi connectivity index (χ4v) is 1.11. The van der Waals surface area contributed by atoms with Crippen molar-refractivity contribution in [1.82, 2.24) is 0 Å². The van der Waals surface area contributed by atoms with E-state index in [9.17, 15) is 9.90 Å². The maximum atomic E-state index is 10.7. The largest absolute Gasteiger partial charge is 0.381 e. The SMILES string of the molecule is CCCCCCC(C)(O)C(=O)S. The Morgan fingerprint density at radius 3 is 2.42 bits per heavy atom. The Labute approximate surface area is 79.8 Å². The summed E-state index contributed by atoms with van der Waals surface area (Å²) in [6.45, 7) is 3.65. The Hall–Kier alpha value is -0.0200. The molecule has 0 amide bonds. The lowest BCUT2D eigenvalue weighted by Crippen LogP contribution is -2.31. The number of unbranched alkanes of at least 4 members (excludes halogenated alkanes) is 3. The number of carbonyl (C=O) groups is 1. The second-order valence-electron chi connectivity index (χ2n) is 3.39. The zero-order valence-corrected chi connectivity index (χ0v) is 8.73. The van der Waals surface area contributed by atoms with Crippen LogP contribution in [-0.2, 0) is 4.79 Å². The number of hydrogen-bond acceptors (Lipinski definition) is 2. The van der Waals surface area contributed by atoms with Crippen molar-refractivity contribution in [2.45, 2.75) is 51.6 Å². The lowest BCUT2D eigenvalue weighted by Gasteiger charge is -2.18. The van der Waals surface area contributed by atoms with Crippen molar-refractivity contribution in [3.63, 3.8) is 0 Å². The summed E-state index contributed by atoms with van der Waals surface area (Å²) in [6, 6.07) is 0. The molecule has 0 fully saturated rings. The van der Waals surface area contributed by atoms with E-state index in [1.54, 1.807) is 0 Å². The molecular formula is C9H18O2S. The smallest absolute Gasteiger partial charge is 0.217 e. The minimum atomic E-state index is -1.23. The number of hydrogen-bond donors (Lipinski definition) is 2. The van der Waals surface area contributed by atoms with Gasteiger partial charge in [-0.15, -0.1) is 12.6 Å². The Bertz CT molecular complexity index is 143. The zero-order valence-electron chi connectivity index (χ0n) is 7.84. The predicted octanol–water partition coefficient (Wildman–Crippen LogP) is 2.16. The highest BCUT2D eigenvalue weighted by Crippen LogP contribution is 2.17. The standard InChI is InChI=1S/C9H18O2S/c1-3-4-5-6-7-9(2,11)8(10)12/h11H,3-7H2,1-2H3,(H,10,12). The van der Waals surface area contributed by atoms with E-state index in [0.717, 1.165) is 25.7 Å². The molecule has 0 radical (unpaired) electrons. The van der Waals surface area contributed by atoms with E-state index in [0.29, 0.717) is 6.42 Å². The highest BCUT2D eigenvalue weighted by atomic mass is 32.1. The van der Waals surface area contributed by atoms with Crippen molar-refractivity contribution in [3.05, 3.63) is 0 Å². The molecule has 0 saturated heterocycles. The van der Waals surface area contributed by atoms with Gasteiger partial charge in [0.25, 0.3) is 0 Å². The van der Waals surface area contributed by atoms with E-state index in [2.05, 4.69) is 19.6 Å². The number of carbonyl (C=O) groups excluding carboxylic acids is 1. The summed E-state index contributed by atoms with van der Waals surface area (Å²) < 4.78 is 0. The van der Waals surface area contributed by atoms with Crippen LogP contribution < -0.4 is 0 Å². The van der Waals surface area contributed by atoms with Crippen LogP contribution in [0, 0.1) is 0 Å². The van der Waals surface area contributed by atoms with E-state index >= 15 is 0 Å². The van der Waals surface area contributed by atoms with E-state index in [-0.39, 0.29) is 0 Å². The van der Waals surface area contributed by atoms with Crippen LogP contribution in [0.3, 0.4) is 0 Å². The van der Waals surface area contributed by atoms with E-state index in [1.807, 2.05) is 0 Å². The fraction of sp³-hybridized carbons (Fsp3) is 0.889. The molecule has 0 rings (SSSR count). The highest BCUT2D eigenvalue weighted by Gasteiger charge is 2.25. The molecule has 1 unspecified atom stereocenters. The molecule has 12 heavy (non-hydrogen) atoms. The van der Waals surface area contributed by atoms with Gasteiger partial charge in [-0.05, 0) is 13.3 Å². The summed E-state index contributed by atoms with van der Waals surface area (Å²) in [6.07, 6.45) is 4.82. The molecule has 1 atom stereocenters. The van der Waals surface area contributed by atoms with Crippen LogP contribution in [0.5, 0.6) is 0 Å². The minimum absolute atomic E-state index is 0.431. The maximum absolute atomic E-state index is 10.7. The number of aliphatic hydroxyl groups is 1. The molecule has 2 nitrogen and oxygen atoms in total. The van der Waals surface area contributed by atoms with Crippen molar-refractivity contribution in [2.24, 2.45) is 0 Å². The summed E-state index contributed by atoms with van der Waals surface area (Å²) in [7, 11) is 0. The molecule has 0 aromatic rings. The van der Waals surface area contributed by atoms with Gasteiger partial charge in [0.05, 0.1) is 0 Å². The number of thiol groups is 1. The Morgan fingerprint density at radius 2 is 2.00 bits per heavy atom. The van der Waals surface area contributed by atoms with Gasteiger partial charge in [-0.3, -0.25) is 4.79 Å². The molecule has 0 aliphatic heterocycles. The molecule has 0 saturated carbocycles. The Morgan fingerprint density at radius 1 is 1.42 bits per heavy atom. The Balaban J connectivity index is 3.54. The van der Waals surface area contributed by atoms with Crippen molar-refractivity contribution in [3.8, 4) is 0 Å². The lowest BCUT2D eigenvalue weighted by atomic mass is 9.99. The molecule has 0 aromatic heterocycles. The summed E-state index contributed by atoms with van der Waals surface area (Å²) >= 11 is 3.61. The third-order valence-electron chi connectivity index (χ3n) is 1.98. The van der Waals surface area contributed by atoms with Gasteiger partial charge in [-0.2, -0.15) is 0 Å². The van der Waals surface area contributed by atoms with Crippen LogP contribution in [-0.4, -0.2) is 15.8 Å². The zero-order chi connectivity index (χ0) is 9.61. The van der Waals surface area contributed by atoms with Crippen LogP contribution in [0.1, 0.15) is 46.0 Å². The van der Waals surface area contributed by atoms with Gasteiger partial charge in [-0.1, -0.05) is 32.6 Å². The van der Waals surface area contributed by atoms with Gasteiger partial charge in [0, 0.05) is 0 Å². The van der Waals surface area contributed by atoms with Crippen molar-refractivity contribution < 1.29 is 9.90 Å². The third kappa shape index (κ3) is 4.78. The first-order valence-corrected chi connectivity index (χ1v) is 4.91. The predicted molar refractivity (Wildman–Crippen MR) is 53.4 cm³/mol. The first-order valence-electron chi connectivity index (χ1n) is 4.46. The van der Waals surface area contributed by atoms with Gasteiger partial charge in [0.1, 0.15) is 5.60 Å². The maximum Gasteiger partial charge on any atom is 0.217 e. The summed E-state index contributed by atoms with van der Waals surface area (Å²) in [5, 5.41) is 9.03. The molecular weight excluding hydrogens is 172 g/mol. The van der Waals surface area contributed by atoms with E-state index < -0.39 is 10.7 Å². The third-order valence-corrected chi connectivity index (χ3v) is 2.46. The summed E-state index contributed by atoms with van der Waals surface area (Å²) in [4.78, 5) is 10.7. The topological polar surface area (TPSA) is 37.3 Å². The molecule has 1 N–H and O–H groups in total. The van der Waals surface area contributed by atoms with Gasteiger partial charge >= 0.3 is 0 Å². The van der Waals surface area contributed by atoms with E-state index in [1.165, 1.54) is 6.92 Å². The minimum Gasteiger partial charge on any atom is -0.381 e. The number of rotatable bonds is 6. The van der Waals surface area contributed by atoms with Gasteiger partial charge in [0.15, 0.2) is 0 Å². The van der Waals surface area contributed by atoms with Crippen LogP contribution in [0.4, 0.5) is 0 Å². The quantitative estimate of drug-likeness (QED) is 0.497. The van der Waals surface area contributed by atoms with E-state index in [4.69, 9.17) is 0 Å². The van der Waals surface area contributed by atoms with Crippen molar-refractivity contribution in [1.29, 1.82) is 0 Å². The van der Waals surface area contributed by atoms with Gasteiger partial charge < -0.3 is 5.11 Å². The van der Waals surface area contributed by atoms with Crippen LogP contribution >= 0.6 is 12.6 Å². The first-order chi connectivity index (χ1) is 5.50. The molecule has 0 aliphatic carbocycles. The average Bonchev–Trinajstić information content (AvgIpc) is 1.98. The molecule has 0 heterocycles. The normalized spacial score (nSPS) is 15.7. The summed E-state index contributed by atoms with van der Waals surface area (Å²) in [5.41, 5.74) is -1.23. The fourth-order valence-electron chi connectivity index (χ4n) is 1.00. The second-order valence-corrected chi connectivity index (χ2v) is 3.80. The molecule has 0 spiro atoms. The molecule has 0 bridgehead atoms. The molecule has 0 aromatic carbocycles. The van der Waals surface area contributed by atoms with Crippen molar-refractivity contribution in [2.75, 3.05) is 0 Å². The Kier molecular flexibility index (Phi) is 5.59. The van der Waals surface area contributed by atoms with Gasteiger partial charge in [-0.25, -0.2) is 0 Å². The molecule has 0 aliphatic rings. The lowest BCUT2D eigenvalue weighted by molar-refractivity contribution is -0.126. The molecule has 3 heteroatoms. The van der Waals surface area contributed by atoms with Gasteiger partial charge in [0.2, 0.25) is 5.12 Å². The molecule has 72 valence electrons. The summed E-state index contributed by atoms with van der Waals surface area (Å²) in [5.74, 6) is 0. The first kappa shape index (κ1) is 12.0. The highest BCUT2D eigenvalue weighted by molar-refractivity contribution is 7.96.